The summed E-state index contributed by atoms with van der Waals surface area (Å²) in [6.45, 7) is 2.03. The first-order valence-electron chi connectivity index (χ1n) is 6.77. The number of carbonyl (C=O) groups excluding carboxylic acids is 1. The second-order valence-electron chi connectivity index (χ2n) is 5.22. The topological polar surface area (TPSA) is 43.1 Å². The Balaban J connectivity index is 1.99. The van der Waals surface area contributed by atoms with Gasteiger partial charge in [0.15, 0.2) is 0 Å². The molecule has 21 heavy (non-hydrogen) atoms. The first-order chi connectivity index (χ1) is 9.95. The standard InChI is InChI=1S/C17H17Cl2NO/c1-11(12-3-6-15(20)7-4-12)8-16(21)9-13-2-5-14(18)10-17(13)19/h2-7,10-11H,8-9,20H2,1H3. The van der Waals surface area contributed by atoms with E-state index in [9.17, 15) is 4.79 Å². The molecule has 0 spiro atoms. The molecule has 1 atom stereocenters. The number of nitrogen functional groups attached to an aromatic ring is 1. The van der Waals surface area contributed by atoms with Gasteiger partial charge in [0.05, 0.1) is 0 Å². The van der Waals surface area contributed by atoms with Crippen molar-refractivity contribution in [2.75, 3.05) is 5.73 Å². The van der Waals surface area contributed by atoms with Crippen LogP contribution < -0.4 is 5.73 Å². The van der Waals surface area contributed by atoms with Crippen molar-refractivity contribution < 1.29 is 4.79 Å². The van der Waals surface area contributed by atoms with Crippen molar-refractivity contribution >= 4 is 34.7 Å². The molecule has 0 saturated carbocycles. The zero-order valence-corrected chi connectivity index (χ0v) is 13.3. The molecule has 0 heterocycles. The normalized spacial score (nSPS) is 12.1. The van der Waals surface area contributed by atoms with Crippen molar-refractivity contribution in [3.63, 3.8) is 0 Å². The van der Waals surface area contributed by atoms with Crippen LogP contribution in [0, 0.1) is 0 Å². The van der Waals surface area contributed by atoms with Crippen molar-refractivity contribution in [1.29, 1.82) is 0 Å². The van der Waals surface area contributed by atoms with E-state index in [1.54, 1.807) is 18.2 Å². The molecule has 2 rings (SSSR count). The molecule has 2 N–H and O–H groups in total. The van der Waals surface area contributed by atoms with Gasteiger partial charge in [-0.3, -0.25) is 4.79 Å². The van der Waals surface area contributed by atoms with Gasteiger partial charge in [-0.15, -0.1) is 0 Å². The third-order valence-corrected chi connectivity index (χ3v) is 4.03. The number of anilines is 1. The lowest BCUT2D eigenvalue weighted by Crippen LogP contribution is -2.08. The molecule has 0 aliphatic heterocycles. The number of hydrogen-bond donors (Lipinski definition) is 1. The van der Waals surface area contributed by atoms with E-state index in [1.165, 1.54) is 0 Å². The van der Waals surface area contributed by atoms with Crippen LogP contribution in [0.5, 0.6) is 0 Å². The van der Waals surface area contributed by atoms with Gasteiger partial charge in [-0.2, -0.15) is 0 Å². The van der Waals surface area contributed by atoms with Crippen molar-refractivity contribution in [1.82, 2.24) is 0 Å². The van der Waals surface area contributed by atoms with Gasteiger partial charge in [0.25, 0.3) is 0 Å². The summed E-state index contributed by atoms with van der Waals surface area (Å²) < 4.78 is 0. The van der Waals surface area contributed by atoms with Crippen molar-refractivity contribution in [3.8, 4) is 0 Å². The van der Waals surface area contributed by atoms with Crippen LogP contribution in [0.4, 0.5) is 5.69 Å². The minimum absolute atomic E-state index is 0.156. The smallest absolute Gasteiger partial charge is 0.137 e. The monoisotopic (exact) mass is 321 g/mol. The molecule has 0 saturated heterocycles. The number of rotatable bonds is 5. The van der Waals surface area contributed by atoms with E-state index in [2.05, 4.69) is 0 Å². The molecule has 2 aromatic rings. The molecule has 4 heteroatoms. The van der Waals surface area contributed by atoms with Gasteiger partial charge < -0.3 is 5.73 Å². The van der Waals surface area contributed by atoms with Crippen LogP contribution >= 0.6 is 23.2 Å². The van der Waals surface area contributed by atoms with Crippen molar-refractivity contribution in [2.24, 2.45) is 0 Å². The Kier molecular flexibility index (Phi) is 5.27. The molecule has 0 bridgehead atoms. The van der Waals surface area contributed by atoms with E-state index in [4.69, 9.17) is 28.9 Å². The van der Waals surface area contributed by atoms with Crippen molar-refractivity contribution in [3.05, 3.63) is 63.6 Å². The fraction of sp³-hybridized carbons (Fsp3) is 0.235. The molecule has 110 valence electrons. The highest BCUT2D eigenvalue weighted by atomic mass is 35.5. The largest absolute Gasteiger partial charge is 0.399 e. The summed E-state index contributed by atoms with van der Waals surface area (Å²) in [5, 5.41) is 1.11. The Morgan fingerprint density at radius 2 is 1.81 bits per heavy atom. The lowest BCUT2D eigenvalue weighted by atomic mass is 9.93. The average Bonchev–Trinajstić information content (AvgIpc) is 2.42. The second kappa shape index (κ2) is 6.97. The van der Waals surface area contributed by atoms with Gasteiger partial charge in [-0.25, -0.2) is 0 Å². The van der Waals surface area contributed by atoms with E-state index in [0.717, 1.165) is 16.8 Å². The fourth-order valence-electron chi connectivity index (χ4n) is 2.23. The summed E-state index contributed by atoms with van der Waals surface area (Å²) in [4.78, 5) is 12.2. The number of nitrogens with two attached hydrogens (primary N) is 1. The zero-order valence-electron chi connectivity index (χ0n) is 11.8. The van der Waals surface area contributed by atoms with Crippen LogP contribution in [0.15, 0.2) is 42.5 Å². The predicted molar refractivity (Wildman–Crippen MR) is 89.1 cm³/mol. The van der Waals surface area contributed by atoms with Crippen molar-refractivity contribution in [2.45, 2.75) is 25.7 Å². The molecule has 0 aromatic heterocycles. The lowest BCUT2D eigenvalue weighted by Gasteiger charge is -2.12. The third kappa shape index (κ3) is 4.48. The number of halogens is 2. The van der Waals surface area contributed by atoms with Crippen LogP contribution in [0.25, 0.3) is 0 Å². The molecule has 0 fully saturated rings. The van der Waals surface area contributed by atoms with Gasteiger partial charge in [0.1, 0.15) is 5.78 Å². The molecule has 2 nitrogen and oxygen atoms in total. The highest BCUT2D eigenvalue weighted by Gasteiger charge is 2.13. The minimum Gasteiger partial charge on any atom is -0.399 e. The Labute approximate surface area is 134 Å². The molecule has 0 radical (unpaired) electrons. The van der Waals surface area contributed by atoms with E-state index in [0.29, 0.717) is 22.9 Å². The SMILES string of the molecule is CC(CC(=O)Cc1ccc(Cl)cc1Cl)c1ccc(N)cc1. The molecule has 0 aliphatic carbocycles. The molecule has 0 amide bonds. The van der Waals surface area contributed by atoms with Crippen LogP contribution in [-0.4, -0.2) is 5.78 Å². The maximum absolute atomic E-state index is 12.2. The number of benzene rings is 2. The van der Waals surface area contributed by atoms with E-state index in [-0.39, 0.29) is 11.7 Å². The van der Waals surface area contributed by atoms with Crippen LogP contribution in [0.1, 0.15) is 30.4 Å². The van der Waals surface area contributed by atoms with E-state index < -0.39 is 0 Å². The lowest BCUT2D eigenvalue weighted by molar-refractivity contribution is -0.118. The summed E-state index contributed by atoms with van der Waals surface area (Å²) in [5.74, 6) is 0.313. The summed E-state index contributed by atoms with van der Waals surface area (Å²) >= 11 is 11.9. The quantitative estimate of drug-likeness (QED) is 0.797. The average molecular weight is 322 g/mol. The van der Waals surface area contributed by atoms with Crippen LogP contribution in [-0.2, 0) is 11.2 Å². The van der Waals surface area contributed by atoms with Gasteiger partial charge in [-0.1, -0.05) is 48.3 Å². The predicted octanol–water partition coefficient (Wildman–Crippen LogP) is 4.88. The van der Waals surface area contributed by atoms with E-state index >= 15 is 0 Å². The Hall–Kier alpha value is -1.51. The number of hydrogen-bond acceptors (Lipinski definition) is 2. The molecule has 1 unspecified atom stereocenters. The Morgan fingerprint density at radius 3 is 2.43 bits per heavy atom. The molecular weight excluding hydrogens is 305 g/mol. The Bertz CT molecular complexity index is 638. The summed E-state index contributed by atoms with van der Waals surface area (Å²) in [6.07, 6.45) is 0.804. The highest BCUT2D eigenvalue weighted by Crippen LogP contribution is 2.24. The van der Waals surface area contributed by atoms with Crippen LogP contribution in [0.3, 0.4) is 0 Å². The van der Waals surface area contributed by atoms with Gasteiger partial charge in [-0.05, 0) is 41.3 Å². The van der Waals surface area contributed by atoms with Gasteiger partial charge in [0.2, 0.25) is 0 Å². The number of Topliss-reactive ketones (excluding diaryl/α,β-unsaturated/α-hetero) is 1. The summed E-state index contributed by atoms with van der Waals surface area (Å²) in [5.41, 5.74) is 8.32. The first kappa shape index (κ1) is 15.9. The second-order valence-corrected chi connectivity index (χ2v) is 6.07. The maximum Gasteiger partial charge on any atom is 0.137 e. The minimum atomic E-state index is 0.156. The van der Waals surface area contributed by atoms with Gasteiger partial charge in [0, 0.05) is 28.6 Å². The zero-order chi connectivity index (χ0) is 15.4. The number of carbonyl (C=O) groups is 1. The molecule has 2 aromatic carbocycles. The third-order valence-electron chi connectivity index (χ3n) is 3.44. The summed E-state index contributed by atoms with van der Waals surface area (Å²) in [7, 11) is 0. The maximum atomic E-state index is 12.2. The number of ketones is 1. The van der Waals surface area contributed by atoms with Crippen LogP contribution in [0.2, 0.25) is 10.0 Å². The van der Waals surface area contributed by atoms with E-state index in [1.807, 2.05) is 31.2 Å². The highest BCUT2D eigenvalue weighted by molar-refractivity contribution is 6.35. The Morgan fingerprint density at radius 1 is 1.14 bits per heavy atom. The summed E-state index contributed by atoms with van der Waals surface area (Å²) in [6, 6.07) is 12.8. The first-order valence-corrected chi connectivity index (χ1v) is 7.52. The fourth-order valence-corrected chi connectivity index (χ4v) is 2.71. The molecule has 0 aliphatic rings. The van der Waals surface area contributed by atoms with Gasteiger partial charge >= 0.3 is 0 Å². The molecular formula is C17H17Cl2NO.